The Morgan fingerprint density at radius 1 is 1.30 bits per heavy atom. The Morgan fingerprint density at radius 3 is 2.80 bits per heavy atom. The van der Waals surface area contributed by atoms with Gasteiger partial charge in [0.25, 0.3) is 0 Å². The van der Waals surface area contributed by atoms with Crippen LogP contribution in [0, 0.1) is 0 Å². The molecule has 2 aromatic heterocycles. The second-order valence-corrected chi connectivity index (χ2v) is 8.46. The van der Waals surface area contributed by atoms with E-state index in [1.54, 1.807) is 22.4 Å². The third-order valence-corrected chi connectivity index (χ3v) is 6.20. The zero-order valence-electron chi connectivity index (χ0n) is 16.2. The molecule has 0 unspecified atom stereocenters. The molecule has 0 bridgehead atoms. The summed E-state index contributed by atoms with van der Waals surface area (Å²) in [7, 11) is 0. The first-order valence-electron chi connectivity index (χ1n) is 9.43. The van der Waals surface area contributed by atoms with E-state index < -0.39 is 5.97 Å². The number of aromatic nitrogens is 3. The van der Waals surface area contributed by atoms with Crippen molar-refractivity contribution in [3.05, 3.63) is 58.3 Å². The highest BCUT2D eigenvalue weighted by Crippen LogP contribution is 2.30. The Balaban J connectivity index is 1.42. The average Bonchev–Trinajstić information content (AvgIpc) is 3.41. The van der Waals surface area contributed by atoms with Crippen molar-refractivity contribution in [2.24, 2.45) is 0 Å². The van der Waals surface area contributed by atoms with Crippen molar-refractivity contribution in [1.82, 2.24) is 24.6 Å². The van der Waals surface area contributed by atoms with Gasteiger partial charge >= 0.3 is 12.0 Å². The van der Waals surface area contributed by atoms with E-state index in [0.717, 1.165) is 27.4 Å². The highest BCUT2D eigenvalue weighted by atomic mass is 35.5. The number of carbonyl (C=O) groups is 2. The Hall–Kier alpha value is -2.75. The molecule has 1 aromatic carbocycles. The van der Waals surface area contributed by atoms with Gasteiger partial charge in [0.1, 0.15) is 5.01 Å². The predicted molar refractivity (Wildman–Crippen MR) is 114 cm³/mol. The third-order valence-electron chi connectivity index (χ3n) is 5.06. The molecule has 3 heterocycles. The van der Waals surface area contributed by atoms with Crippen molar-refractivity contribution in [1.29, 1.82) is 0 Å². The van der Waals surface area contributed by atoms with Gasteiger partial charge in [0, 0.05) is 55.6 Å². The predicted octanol–water partition coefficient (Wildman–Crippen LogP) is 3.53. The maximum Gasteiger partial charge on any atom is 0.356 e. The number of amides is 1. The smallest absolute Gasteiger partial charge is 0.356 e. The zero-order chi connectivity index (χ0) is 21.3. The van der Waals surface area contributed by atoms with E-state index in [2.05, 4.69) is 21.0 Å². The SMILES string of the molecule is C[C@@H]1CN(Cc2ccc(Cl)c(-c3nccs3)c2)CCN1C(=O)n1ccc(C(=O)O)n1. The number of thiazole rings is 1. The number of hydrogen-bond donors (Lipinski definition) is 1. The van der Waals surface area contributed by atoms with Crippen LogP contribution in [-0.2, 0) is 6.54 Å². The standard InChI is InChI=1S/C20H20ClN5O3S/c1-13-11-24(7-8-25(13)20(29)26-6-4-17(23-26)19(27)28)12-14-2-3-16(21)15(10-14)18-22-5-9-30-18/h2-6,9-10,13H,7-8,11-12H2,1H3,(H,27,28)/t13-/m1/s1. The van der Waals surface area contributed by atoms with Crippen LogP contribution in [0.25, 0.3) is 10.6 Å². The molecule has 8 nitrogen and oxygen atoms in total. The molecule has 1 atom stereocenters. The molecule has 0 spiro atoms. The van der Waals surface area contributed by atoms with Gasteiger partial charge in [0.2, 0.25) is 0 Å². The summed E-state index contributed by atoms with van der Waals surface area (Å²) < 4.78 is 1.09. The van der Waals surface area contributed by atoms with Gasteiger partial charge in [-0.2, -0.15) is 9.78 Å². The molecular formula is C20H20ClN5O3S. The number of aromatic carboxylic acids is 1. The van der Waals surface area contributed by atoms with Crippen molar-refractivity contribution >= 4 is 34.9 Å². The number of carboxylic acid groups (broad SMARTS) is 1. The van der Waals surface area contributed by atoms with Gasteiger partial charge < -0.3 is 10.0 Å². The lowest BCUT2D eigenvalue weighted by atomic mass is 10.1. The quantitative estimate of drug-likeness (QED) is 0.660. The number of hydrogen-bond acceptors (Lipinski definition) is 6. The number of rotatable bonds is 4. The lowest BCUT2D eigenvalue weighted by Gasteiger charge is -2.39. The molecule has 0 saturated carbocycles. The van der Waals surface area contributed by atoms with E-state index in [4.69, 9.17) is 16.7 Å². The highest BCUT2D eigenvalue weighted by Gasteiger charge is 2.29. The summed E-state index contributed by atoms with van der Waals surface area (Å²) in [6, 6.07) is 6.96. The molecule has 1 fully saturated rings. The number of carbonyl (C=O) groups excluding carboxylic acids is 1. The Morgan fingerprint density at radius 2 is 2.13 bits per heavy atom. The molecule has 1 N–H and O–H groups in total. The molecule has 4 rings (SSSR count). The van der Waals surface area contributed by atoms with E-state index in [0.29, 0.717) is 24.7 Å². The minimum atomic E-state index is -1.15. The topological polar surface area (TPSA) is 91.6 Å². The number of halogens is 1. The number of piperazine rings is 1. The van der Waals surface area contributed by atoms with Crippen molar-refractivity contribution < 1.29 is 14.7 Å². The number of nitrogens with zero attached hydrogens (tertiary/aromatic N) is 5. The van der Waals surface area contributed by atoms with Gasteiger partial charge in [-0.25, -0.2) is 14.6 Å². The normalized spacial score (nSPS) is 17.3. The van der Waals surface area contributed by atoms with Crippen LogP contribution < -0.4 is 0 Å². The van der Waals surface area contributed by atoms with Crippen molar-refractivity contribution in [2.45, 2.75) is 19.5 Å². The summed E-state index contributed by atoms with van der Waals surface area (Å²) in [5.74, 6) is -1.15. The molecule has 1 aliphatic heterocycles. The summed E-state index contributed by atoms with van der Waals surface area (Å²) in [5.41, 5.74) is 1.92. The Kier molecular flexibility index (Phi) is 5.85. The van der Waals surface area contributed by atoms with Crippen molar-refractivity contribution in [2.75, 3.05) is 19.6 Å². The zero-order valence-corrected chi connectivity index (χ0v) is 17.8. The third kappa shape index (κ3) is 4.23. The molecule has 3 aromatic rings. The van der Waals surface area contributed by atoms with Crippen LogP contribution in [0.2, 0.25) is 5.02 Å². The van der Waals surface area contributed by atoms with Crippen LogP contribution in [0.1, 0.15) is 23.0 Å². The molecule has 1 amide bonds. The van der Waals surface area contributed by atoms with E-state index in [1.807, 2.05) is 24.4 Å². The molecule has 30 heavy (non-hydrogen) atoms. The van der Waals surface area contributed by atoms with Gasteiger partial charge in [0.15, 0.2) is 5.69 Å². The van der Waals surface area contributed by atoms with Crippen LogP contribution >= 0.6 is 22.9 Å². The van der Waals surface area contributed by atoms with E-state index in [1.165, 1.54) is 12.3 Å². The molecule has 1 aliphatic rings. The fraction of sp³-hybridized carbons (Fsp3) is 0.300. The van der Waals surface area contributed by atoms with E-state index in [9.17, 15) is 9.59 Å². The van der Waals surface area contributed by atoms with Gasteiger partial charge in [-0.3, -0.25) is 4.90 Å². The summed E-state index contributed by atoms with van der Waals surface area (Å²) in [6.07, 6.45) is 3.15. The Bertz CT molecular complexity index is 1070. The summed E-state index contributed by atoms with van der Waals surface area (Å²) >= 11 is 7.90. The summed E-state index contributed by atoms with van der Waals surface area (Å²) in [5, 5.41) is 16.3. The van der Waals surface area contributed by atoms with Crippen LogP contribution in [-0.4, -0.2) is 67.3 Å². The highest BCUT2D eigenvalue weighted by molar-refractivity contribution is 7.13. The summed E-state index contributed by atoms with van der Waals surface area (Å²) in [6.45, 7) is 4.67. The number of carboxylic acids is 1. The molecule has 10 heteroatoms. The van der Waals surface area contributed by atoms with Crippen LogP contribution in [0.3, 0.4) is 0 Å². The van der Waals surface area contributed by atoms with E-state index >= 15 is 0 Å². The van der Waals surface area contributed by atoms with Gasteiger partial charge in [0.05, 0.1) is 5.02 Å². The minimum absolute atomic E-state index is 0.0329. The van der Waals surface area contributed by atoms with Gasteiger partial charge in [-0.05, 0) is 30.7 Å². The largest absolute Gasteiger partial charge is 0.476 e. The molecule has 0 aliphatic carbocycles. The van der Waals surface area contributed by atoms with Crippen LogP contribution in [0.15, 0.2) is 42.0 Å². The number of benzene rings is 1. The average molecular weight is 446 g/mol. The second-order valence-electron chi connectivity index (χ2n) is 7.16. The molecule has 156 valence electrons. The lowest BCUT2D eigenvalue weighted by molar-refractivity contribution is 0.0689. The first-order chi connectivity index (χ1) is 14.4. The fourth-order valence-electron chi connectivity index (χ4n) is 3.59. The fourth-order valence-corrected chi connectivity index (χ4v) is 4.52. The van der Waals surface area contributed by atoms with Crippen LogP contribution in [0.5, 0.6) is 0 Å². The van der Waals surface area contributed by atoms with Crippen molar-refractivity contribution in [3.63, 3.8) is 0 Å². The molecule has 1 saturated heterocycles. The first-order valence-corrected chi connectivity index (χ1v) is 10.7. The van der Waals surface area contributed by atoms with E-state index in [-0.39, 0.29) is 17.8 Å². The van der Waals surface area contributed by atoms with Crippen molar-refractivity contribution in [3.8, 4) is 10.6 Å². The summed E-state index contributed by atoms with van der Waals surface area (Å²) in [4.78, 5) is 32.1. The molecule has 0 radical (unpaired) electrons. The van der Waals surface area contributed by atoms with Gasteiger partial charge in [-0.1, -0.05) is 17.7 Å². The first kappa shape index (κ1) is 20.5. The maximum atomic E-state index is 12.7. The van der Waals surface area contributed by atoms with Gasteiger partial charge in [-0.15, -0.1) is 11.3 Å². The second kappa shape index (κ2) is 8.55. The monoisotopic (exact) mass is 445 g/mol. The maximum absolute atomic E-state index is 12.7. The molecular weight excluding hydrogens is 426 g/mol. The minimum Gasteiger partial charge on any atom is -0.476 e. The van der Waals surface area contributed by atoms with Crippen LogP contribution in [0.4, 0.5) is 4.79 Å². The Labute approximate surface area is 182 Å². The lowest BCUT2D eigenvalue weighted by Crippen LogP contribution is -2.54.